The van der Waals surface area contributed by atoms with E-state index >= 15 is 0 Å². The summed E-state index contributed by atoms with van der Waals surface area (Å²) in [6, 6.07) is 0. The van der Waals surface area contributed by atoms with Crippen molar-refractivity contribution in [1.82, 2.24) is 0 Å². The molecule has 64 valence electrons. The summed E-state index contributed by atoms with van der Waals surface area (Å²) in [6.07, 6.45) is 8.62. The van der Waals surface area contributed by atoms with Crippen LogP contribution in [0, 0.1) is 11.3 Å². The van der Waals surface area contributed by atoms with E-state index in [1.807, 2.05) is 6.26 Å². The Morgan fingerprint density at radius 1 is 1.45 bits per heavy atom. The summed E-state index contributed by atoms with van der Waals surface area (Å²) >= 11 is 1.63. The number of fused-ring (bicyclic) bond motifs is 2. The van der Waals surface area contributed by atoms with Crippen LogP contribution in [0.5, 0.6) is 0 Å². The maximum Gasteiger partial charge on any atom is 0.105 e. The molecule has 0 aromatic rings. The fourth-order valence-electron chi connectivity index (χ4n) is 2.83. The first kappa shape index (κ1) is 7.93. The smallest absolute Gasteiger partial charge is 0.105 e. The van der Waals surface area contributed by atoms with Gasteiger partial charge in [-0.3, -0.25) is 0 Å². The molecular weight excluding hydrogens is 156 g/mol. The van der Waals surface area contributed by atoms with Gasteiger partial charge in [0.25, 0.3) is 0 Å². The predicted octanol–water partition coefficient (Wildman–Crippen LogP) is 2.25. The van der Waals surface area contributed by atoms with Crippen molar-refractivity contribution in [2.24, 2.45) is 11.3 Å². The van der Waals surface area contributed by atoms with E-state index in [2.05, 4.69) is 0 Å². The molecule has 2 aliphatic rings. The molecule has 1 N–H and O–H groups in total. The molecule has 0 heterocycles. The average molecular weight is 172 g/mol. The van der Waals surface area contributed by atoms with Crippen molar-refractivity contribution in [2.75, 3.05) is 6.26 Å². The lowest BCUT2D eigenvalue weighted by molar-refractivity contribution is 0.103. The van der Waals surface area contributed by atoms with Crippen molar-refractivity contribution in [1.29, 1.82) is 0 Å². The zero-order valence-corrected chi connectivity index (χ0v) is 7.86. The van der Waals surface area contributed by atoms with Gasteiger partial charge in [-0.15, -0.1) is 11.8 Å². The summed E-state index contributed by atoms with van der Waals surface area (Å²) in [5.41, 5.74) is 0.249. The number of aliphatic hydroxyl groups excluding tert-OH is 1. The molecule has 1 nitrogen and oxygen atoms in total. The minimum atomic E-state index is -0.0880. The highest BCUT2D eigenvalue weighted by Crippen LogP contribution is 2.57. The molecule has 2 aliphatic carbocycles. The Labute approximate surface area is 72.6 Å². The van der Waals surface area contributed by atoms with Crippen LogP contribution in [0.3, 0.4) is 0 Å². The summed E-state index contributed by atoms with van der Waals surface area (Å²) in [5, 5.41) is 9.80. The normalized spacial score (nSPS) is 44.7. The monoisotopic (exact) mass is 172 g/mol. The molecule has 0 aromatic carbocycles. The van der Waals surface area contributed by atoms with Crippen molar-refractivity contribution >= 4 is 11.8 Å². The van der Waals surface area contributed by atoms with E-state index < -0.39 is 0 Å². The van der Waals surface area contributed by atoms with Crippen molar-refractivity contribution < 1.29 is 5.11 Å². The molecule has 1 atom stereocenters. The number of rotatable bonds is 2. The first-order valence-corrected chi connectivity index (χ1v) is 5.76. The third-order valence-electron chi connectivity index (χ3n) is 3.54. The van der Waals surface area contributed by atoms with E-state index in [4.69, 9.17) is 0 Å². The van der Waals surface area contributed by atoms with Gasteiger partial charge in [0.15, 0.2) is 0 Å². The van der Waals surface area contributed by atoms with Crippen LogP contribution in [0.25, 0.3) is 0 Å². The summed E-state index contributed by atoms with van der Waals surface area (Å²) in [6.45, 7) is 0. The SMILES string of the molecule is CSC(O)C12CCC(CC1)C2. The topological polar surface area (TPSA) is 20.2 Å². The summed E-state index contributed by atoms with van der Waals surface area (Å²) in [5.74, 6) is 0.955. The molecule has 2 saturated carbocycles. The first-order valence-electron chi connectivity index (χ1n) is 4.48. The lowest BCUT2D eigenvalue weighted by Crippen LogP contribution is -2.27. The van der Waals surface area contributed by atoms with E-state index in [-0.39, 0.29) is 5.44 Å². The van der Waals surface area contributed by atoms with Crippen LogP contribution in [0.1, 0.15) is 32.1 Å². The molecule has 0 aromatic heterocycles. The van der Waals surface area contributed by atoms with E-state index in [9.17, 15) is 5.11 Å². The van der Waals surface area contributed by atoms with Gasteiger partial charge < -0.3 is 5.11 Å². The molecule has 0 amide bonds. The fraction of sp³-hybridized carbons (Fsp3) is 1.00. The fourth-order valence-corrected chi connectivity index (χ4v) is 3.67. The van der Waals surface area contributed by atoms with Crippen LogP contribution in [0.4, 0.5) is 0 Å². The third kappa shape index (κ3) is 1.11. The highest BCUT2D eigenvalue weighted by molar-refractivity contribution is 7.99. The van der Waals surface area contributed by atoms with Gasteiger partial charge >= 0.3 is 0 Å². The Balaban J connectivity index is 2.09. The minimum Gasteiger partial charge on any atom is -0.382 e. The second-order valence-electron chi connectivity index (χ2n) is 4.10. The van der Waals surface area contributed by atoms with Crippen LogP contribution in [0.15, 0.2) is 0 Å². The minimum absolute atomic E-state index is 0.0880. The van der Waals surface area contributed by atoms with Crippen LogP contribution in [0.2, 0.25) is 0 Å². The van der Waals surface area contributed by atoms with Gasteiger partial charge in [0, 0.05) is 5.41 Å². The standard InChI is InChI=1S/C9H16OS/c1-11-8(10)9-4-2-7(6-9)3-5-9/h7-8,10H,2-6H2,1H3. The highest BCUT2D eigenvalue weighted by atomic mass is 32.2. The second kappa shape index (κ2) is 2.67. The average Bonchev–Trinajstić information content (AvgIpc) is 2.62. The summed E-state index contributed by atoms with van der Waals surface area (Å²) < 4.78 is 0. The van der Waals surface area contributed by atoms with Gasteiger partial charge in [0.2, 0.25) is 0 Å². The molecule has 0 spiro atoms. The van der Waals surface area contributed by atoms with Crippen molar-refractivity contribution in [3.05, 3.63) is 0 Å². The van der Waals surface area contributed by atoms with Crippen molar-refractivity contribution in [2.45, 2.75) is 37.5 Å². The maximum atomic E-state index is 9.80. The zero-order chi connectivity index (χ0) is 7.90. The van der Waals surface area contributed by atoms with Gasteiger partial charge in [-0.25, -0.2) is 0 Å². The Morgan fingerprint density at radius 2 is 2.09 bits per heavy atom. The van der Waals surface area contributed by atoms with Gasteiger partial charge in [0.05, 0.1) is 0 Å². The van der Waals surface area contributed by atoms with E-state index in [0.29, 0.717) is 5.41 Å². The summed E-state index contributed by atoms with van der Waals surface area (Å²) in [7, 11) is 0. The number of hydrogen-bond acceptors (Lipinski definition) is 2. The predicted molar refractivity (Wildman–Crippen MR) is 48.5 cm³/mol. The third-order valence-corrected chi connectivity index (χ3v) is 4.49. The Kier molecular flexibility index (Phi) is 1.92. The van der Waals surface area contributed by atoms with Crippen LogP contribution >= 0.6 is 11.8 Å². The molecule has 0 aliphatic heterocycles. The molecule has 0 radical (unpaired) electrons. The lowest BCUT2D eigenvalue weighted by atomic mass is 9.85. The van der Waals surface area contributed by atoms with Crippen LogP contribution in [-0.2, 0) is 0 Å². The lowest BCUT2D eigenvalue weighted by Gasteiger charge is -2.30. The van der Waals surface area contributed by atoms with E-state index in [1.165, 1.54) is 32.1 Å². The highest BCUT2D eigenvalue weighted by Gasteiger charge is 2.48. The molecule has 2 rings (SSSR count). The Morgan fingerprint density at radius 3 is 2.45 bits per heavy atom. The van der Waals surface area contributed by atoms with E-state index in [0.717, 1.165) is 5.92 Å². The molecule has 11 heavy (non-hydrogen) atoms. The van der Waals surface area contributed by atoms with Gasteiger partial charge in [-0.1, -0.05) is 0 Å². The van der Waals surface area contributed by atoms with Crippen LogP contribution in [-0.4, -0.2) is 16.8 Å². The Bertz CT molecular complexity index is 150. The number of thioether (sulfide) groups is 1. The molecule has 2 heteroatoms. The van der Waals surface area contributed by atoms with Gasteiger partial charge in [0.1, 0.15) is 5.44 Å². The van der Waals surface area contributed by atoms with Crippen LogP contribution < -0.4 is 0 Å². The summed E-state index contributed by atoms with van der Waals surface area (Å²) in [4.78, 5) is 0. The van der Waals surface area contributed by atoms with Gasteiger partial charge in [-0.2, -0.15) is 0 Å². The quantitative estimate of drug-likeness (QED) is 0.645. The number of hydrogen-bond donors (Lipinski definition) is 1. The molecular formula is C9H16OS. The molecule has 1 unspecified atom stereocenters. The van der Waals surface area contributed by atoms with Gasteiger partial charge in [-0.05, 0) is 44.3 Å². The molecule has 2 fully saturated rings. The van der Waals surface area contributed by atoms with Crippen molar-refractivity contribution in [3.63, 3.8) is 0 Å². The van der Waals surface area contributed by atoms with E-state index in [1.54, 1.807) is 11.8 Å². The number of aliphatic hydroxyl groups is 1. The Hall–Kier alpha value is 0.310. The zero-order valence-electron chi connectivity index (χ0n) is 7.05. The molecule has 0 saturated heterocycles. The molecule has 2 bridgehead atoms. The first-order chi connectivity index (χ1) is 5.27. The maximum absolute atomic E-state index is 9.80. The van der Waals surface area contributed by atoms with Crippen molar-refractivity contribution in [3.8, 4) is 0 Å². The second-order valence-corrected chi connectivity index (χ2v) is 5.02. The largest absolute Gasteiger partial charge is 0.382 e.